The first-order chi connectivity index (χ1) is 8.54. The topological polar surface area (TPSA) is 83.8 Å². The molecule has 2 N–H and O–H groups in total. The Bertz CT molecular complexity index is 444. The zero-order valence-electron chi connectivity index (χ0n) is 10.1. The quantitative estimate of drug-likeness (QED) is 0.428. The van der Waals surface area contributed by atoms with Crippen LogP contribution in [0.1, 0.15) is 25.7 Å². The molecule has 0 aromatic heterocycles. The number of aliphatic hydroxyl groups excluding tert-OH is 1. The molecule has 0 unspecified atom stereocenters. The minimum atomic E-state index is -4.13. The molecule has 0 bridgehead atoms. The zero-order chi connectivity index (χ0) is 13.4. The Morgan fingerprint density at radius 3 is 2.11 bits per heavy atom. The van der Waals surface area contributed by atoms with Gasteiger partial charge in [0.25, 0.3) is 10.1 Å². The molecule has 0 saturated heterocycles. The zero-order valence-corrected chi connectivity index (χ0v) is 10.9. The van der Waals surface area contributed by atoms with Crippen LogP contribution in [0.4, 0.5) is 0 Å². The van der Waals surface area contributed by atoms with Crippen LogP contribution in [0.15, 0.2) is 29.2 Å². The van der Waals surface area contributed by atoms with Gasteiger partial charge in [-0.1, -0.05) is 6.42 Å². The fourth-order valence-electron chi connectivity index (χ4n) is 1.47. The van der Waals surface area contributed by atoms with E-state index >= 15 is 0 Å². The van der Waals surface area contributed by atoms with Crippen molar-refractivity contribution in [1.82, 2.24) is 0 Å². The number of hydrogen-bond acceptors (Lipinski definition) is 4. The van der Waals surface area contributed by atoms with Gasteiger partial charge < -0.3 is 9.84 Å². The number of aliphatic hydroxyl groups is 1. The van der Waals surface area contributed by atoms with Crippen LogP contribution < -0.4 is 4.74 Å². The fourth-order valence-corrected chi connectivity index (χ4v) is 1.95. The Morgan fingerprint density at radius 2 is 1.58 bits per heavy atom. The Kier molecular flexibility index (Phi) is 9.68. The summed E-state index contributed by atoms with van der Waals surface area (Å²) in [5.41, 5.74) is 0. The first-order valence-electron chi connectivity index (χ1n) is 5.85. The first kappa shape index (κ1) is 18.9. The van der Waals surface area contributed by atoms with Gasteiger partial charge in [-0.15, -0.1) is 0 Å². The maximum atomic E-state index is 10.8. The molecule has 0 atom stereocenters. The minimum absolute atomic E-state index is 0. The molecule has 104 valence electrons. The van der Waals surface area contributed by atoms with Crippen molar-refractivity contribution >= 4 is 39.7 Å². The van der Waals surface area contributed by atoms with Crippen molar-refractivity contribution < 1.29 is 22.8 Å². The van der Waals surface area contributed by atoms with Crippen molar-refractivity contribution in [2.45, 2.75) is 30.6 Å². The van der Waals surface area contributed by atoms with Crippen LogP contribution in [0.2, 0.25) is 0 Å². The van der Waals surface area contributed by atoms with Gasteiger partial charge in [0.1, 0.15) is 5.75 Å². The second-order valence-corrected chi connectivity index (χ2v) is 5.35. The van der Waals surface area contributed by atoms with Crippen molar-refractivity contribution in [3.8, 4) is 5.75 Å². The van der Waals surface area contributed by atoms with Gasteiger partial charge in [-0.2, -0.15) is 8.42 Å². The van der Waals surface area contributed by atoms with Crippen molar-refractivity contribution in [2.75, 3.05) is 13.2 Å². The monoisotopic (exact) mass is 298 g/mol. The molecule has 0 aliphatic rings. The van der Waals surface area contributed by atoms with E-state index in [9.17, 15) is 8.42 Å². The van der Waals surface area contributed by atoms with Gasteiger partial charge in [-0.05, 0) is 43.5 Å². The number of ether oxygens (including phenoxy) is 1. The standard InChI is InChI=1S/C12H18O5S.Na.H/c13-9-3-1-2-4-10-17-11-5-7-12(8-6-11)18(14,15)16;;/h5-8,13H,1-4,9-10H2,(H,14,15,16);;. The molecule has 0 heterocycles. The number of rotatable bonds is 8. The van der Waals surface area contributed by atoms with Crippen LogP contribution in [-0.2, 0) is 10.1 Å². The average Bonchev–Trinajstić information content (AvgIpc) is 2.33. The normalized spacial score (nSPS) is 10.8. The van der Waals surface area contributed by atoms with Crippen LogP contribution in [0.5, 0.6) is 5.75 Å². The molecular formula is C12H19NaO5S. The van der Waals surface area contributed by atoms with Crippen LogP contribution in [0, 0.1) is 0 Å². The second kappa shape index (κ2) is 9.74. The third-order valence-electron chi connectivity index (χ3n) is 2.44. The van der Waals surface area contributed by atoms with E-state index in [0.29, 0.717) is 12.4 Å². The SMILES string of the molecule is O=S(=O)(O)c1ccc(OCCCCCCO)cc1.[NaH]. The van der Waals surface area contributed by atoms with E-state index in [1.165, 1.54) is 24.3 Å². The molecule has 1 aromatic carbocycles. The molecule has 19 heavy (non-hydrogen) atoms. The number of hydrogen-bond donors (Lipinski definition) is 2. The van der Waals surface area contributed by atoms with E-state index in [0.717, 1.165) is 25.7 Å². The summed E-state index contributed by atoms with van der Waals surface area (Å²) in [7, 11) is -4.13. The van der Waals surface area contributed by atoms with Crippen molar-refractivity contribution in [3.05, 3.63) is 24.3 Å². The summed E-state index contributed by atoms with van der Waals surface area (Å²) in [4.78, 5) is -0.141. The second-order valence-electron chi connectivity index (χ2n) is 3.93. The Morgan fingerprint density at radius 1 is 1.00 bits per heavy atom. The summed E-state index contributed by atoms with van der Waals surface area (Å²) in [6, 6.07) is 5.63. The first-order valence-corrected chi connectivity index (χ1v) is 7.29. The molecule has 1 rings (SSSR count). The van der Waals surface area contributed by atoms with Gasteiger partial charge in [0.2, 0.25) is 0 Å². The van der Waals surface area contributed by atoms with Gasteiger partial charge in [-0.3, -0.25) is 4.55 Å². The molecule has 0 fully saturated rings. The predicted molar refractivity (Wildman–Crippen MR) is 74.5 cm³/mol. The van der Waals surface area contributed by atoms with Gasteiger partial charge in [0, 0.05) is 6.61 Å². The number of unbranched alkanes of at least 4 members (excludes halogenated alkanes) is 3. The van der Waals surface area contributed by atoms with Crippen LogP contribution in [0.25, 0.3) is 0 Å². The summed E-state index contributed by atoms with van der Waals surface area (Å²) >= 11 is 0. The third-order valence-corrected chi connectivity index (χ3v) is 3.31. The Labute approximate surface area is 136 Å². The Hall–Kier alpha value is -0.110. The molecule has 0 aliphatic carbocycles. The summed E-state index contributed by atoms with van der Waals surface area (Å²) < 4.78 is 35.8. The molecule has 0 radical (unpaired) electrons. The summed E-state index contributed by atoms with van der Waals surface area (Å²) in [6.07, 6.45) is 3.66. The molecular weight excluding hydrogens is 279 g/mol. The molecule has 0 saturated carbocycles. The van der Waals surface area contributed by atoms with E-state index < -0.39 is 10.1 Å². The van der Waals surface area contributed by atoms with E-state index in [1.54, 1.807) is 0 Å². The predicted octanol–water partition coefficient (Wildman–Crippen LogP) is 1.22. The van der Waals surface area contributed by atoms with Gasteiger partial charge in [-0.25, -0.2) is 0 Å². The summed E-state index contributed by atoms with van der Waals surface area (Å²) in [6.45, 7) is 0.772. The van der Waals surface area contributed by atoms with Gasteiger partial charge in [0.15, 0.2) is 0 Å². The van der Waals surface area contributed by atoms with Crippen LogP contribution in [-0.4, -0.2) is 60.8 Å². The van der Waals surface area contributed by atoms with Gasteiger partial charge >= 0.3 is 29.6 Å². The molecule has 5 nitrogen and oxygen atoms in total. The van der Waals surface area contributed by atoms with Crippen molar-refractivity contribution in [1.29, 1.82) is 0 Å². The number of benzene rings is 1. The molecule has 0 amide bonds. The maximum absolute atomic E-state index is 10.8. The van der Waals surface area contributed by atoms with Crippen LogP contribution >= 0.6 is 0 Å². The fraction of sp³-hybridized carbons (Fsp3) is 0.500. The molecule has 0 aliphatic heterocycles. The summed E-state index contributed by atoms with van der Waals surface area (Å²) in [5.74, 6) is 0.574. The van der Waals surface area contributed by atoms with E-state index in [1.807, 2.05) is 0 Å². The van der Waals surface area contributed by atoms with Crippen LogP contribution in [0.3, 0.4) is 0 Å². The molecule has 1 aromatic rings. The third kappa shape index (κ3) is 7.91. The molecule has 0 spiro atoms. The average molecular weight is 298 g/mol. The van der Waals surface area contributed by atoms with E-state index in [-0.39, 0.29) is 41.1 Å². The molecule has 7 heteroatoms. The van der Waals surface area contributed by atoms with E-state index in [4.69, 9.17) is 14.4 Å². The van der Waals surface area contributed by atoms with E-state index in [2.05, 4.69) is 0 Å². The summed E-state index contributed by atoms with van der Waals surface area (Å²) in [5, 5.41) is 8.59. The Balaban J connectivity index is 0.00000324. The van der Waals surface area contributed by atoms with Crippen molar-refractivity contribution in [3.63, 3.8) is 0 Å². The van der Waals surface area contributed by atoms with Gasteiger partial charge in [0.05, 0.1) is 11.5 Å². The van der Waals surface area contributed by atoms with Crippen molar-refractivity contribution in [2.24, 2.45) is 0 Å².